The van der Waals surface area contributed by atoms with Crippen LogP contribution in [0.25, 0.3) is 0 Å². The van der Waals surface area contributed by atoms with E-state index < -0.39 is 0 Å². The van der Waals surface area contributed by atoms with Crippen molar-refractivity contribution in [2.75, 3.05) is 13.1 Å². The molecule has 20 heavy (non-hydrogen) atoms. The fourth-order valence-corrected chi connectivity index (χ4v) is 3.58. The normalized spacial score (nSPS) is 29.8. The van der Waals surface area contributed by atoms with Crippen LogP contribution in [0, 0.1) is 5.92 Å². The second-order valence-corrected chi connectivity index (χ2v) is 6.87. The fraction of sp³-hybridized carbons (Fsp3) is 0.938. The predicted molar refractivity (Wildman–Crippen MR) is 82.4 cm³/mol. The summed E-state index contributed by atoms with van der Waals surface area (Å²) in [6.45, 7) is 6.50. The maximum Gasteiger partial charge on any atom is 0.223 e. The van der Waals surface area contributed by atoms with Crippen LogP contribution in [0.3, 0.4) is 0 Å². The Morgan fingerprint density at radius 1 is 1.30 bits per heavy atom. The smallest absolute Gasteiger partial charge is 0.223 e. The summed E-state index contributed by atoms with van der Waals surface area (Å²) in [5, 5.41) is 3.27. The highest BCUT2D eigenvalue weighted by Gasteiger charge is 2.32. The summed E-state index contributed by atoms with van der Waals surface area (Å²) in [5.74, 6) is 0.362. The van der Waals surface area contributed by atoms with E-state index >= 15 is 0 Å². The third kappa shape index (κ3) is 4.45. The van der Waals surface area contributed by atoms with Crippen molar-refractivity contribution in [2.45, 2.75) is 76.9 Å². The summed E-state index contributed by atoms with van der Waals surface area (Å²) in [6.07, 6.45) is 7.93. The minimum Gasteiger partial charge on any atom is -0.353 e. The van der Waals surface area contributed by atoms with Crippen LogP contribution in [0.2, 0.25) is 0 Å². The van der Waals surface area contributed by atoms with Gasteiger partial charge in [-0.05, 0) is 52.0 Å². The first kappa shape index (κ1) is 15.8. The van der Waals surface area contributed by atoms with Crippen LogP contribution in [0.4, 0.5) is 0 Å². The molecule has 3 N–H and O–H groups in total. The van der Waals surface area contributed by atoms with Gasteiger partial charge >= 0.3 is 0 Å². The highest BCUT2D eigenvalue weighted by molar-refractivity contribution is 5.78. The van der Waals surface area contributed by atoms with Gasteiger partial charge in [0, 0.05) is 30.6 Å². The van der Waals surface area contributed by atoms with Gasteiger partial charge in [-0.3, -0.25) is 4.79 Å². The van der Waals surface area contributed by atoms with Crippen LogP contribution in [0.15, 0.2) is 0 Å². The van der Waals surface area contributed by atoms with E-state index in [0.29, 0.717) is 6.04 Å². The number of piperidine rings is 1. The van der Waals surface area contributed by atoms with Crippen molar-refractivity contribution in [2.24, 2.45) is 11.7 Å². The third-order valence-corrected chi connectivity index (χ3v) is 4.91. The molecule has 2 saturated heterocycles. The molecule has 2 heterocycles. The van der Waals surface area contributed by atoms with Gasteiger partial charge in [-0.15, -0.1) is 0 Å². The lowest BCUT2D eigenvalue weighted by atomic mass is 9.96. The Bertz CT molecular complexity index is 319. The standard InChI is InChI=1S/C16H31N3O/c1-12(5-3-6-13(2)17)16(20)18-14-8-10-19-9-4-7-15(19)11-14/h12-15H,3-11,17H2,1-2H3,(H,18,20). The van der Waals surface area contributed by atoms with Gasteiger partial charge in [0.15, 0.2) is 0 Å². The lowest BCUT2D eigenvalue weighted by Gasteiger charge is -2.35. The van der Waals surface area contributed by atoms with Gasteiger partial charge in [-0.2, -0.15) is 0 Å². The van der Waals surface area contributed by atoms with Gasteiger partial charge in [0.1, 0.15) is 0 Å². The number of amides is 1. The molecule has 0 saturated carbocycles. The minimum absolute atomic E-state index is 0.121. The Balaban J connectivity index is 1.68. The van der Waals surface area contributed by atoms with Crippen LogP contribution in [-0.4, -0.2) is 42.0 Å². The van der Waals surface area contributed by atoms with Gasteiger partial charge in [-0.1, -0.05) is 13.3 Å². The number of nitrogens with zero attached hydrogens (tertiary/aromatic N) is 1. The van der Waals surface area contributed by atoms with Crippen molar-refractivity contribution in [3.05, 3.63) is 0 Å². The van der Waals surface area contributed by atoms with E-state index in [-0.39, 0.29) is 17.9 Å². The molecule has 4 atom stereocenters. The Hall–Kier alpha value is -0.610. The van der Waals surface area contributed by atoms with Crippen molar-refractivity contribution in [1.29, 1.82) is 0 Å². The second-order valence-electron chi connectivity index (χ2n) is 6.87. The van der Waals surface area contributed by atoms with E-state index in [1.165, 1.54) is 19.4 Å². The van der Waals surface area contributed by atoms with Crippen molar-refractivity contribution in [1.82, 2.24) is 10.2 Å². The van der Waals surface area contributed by atoms with Crippen LogP contribution in [0.5, 0.6) is 0 Å². The molecule has 0 aliphatic carbocycles. The first-order chi connectivity index (χ1) is 9.56. The number of hydrogen-bond acceptors (Lipinski definition) is 3. The van der Waals surface area contributed by atoms with E-state index in [0.717, 1.165) is 44.7 Å². The first-order valence-electron chi connectivity index (χ1n) is 8.36. The molecule has 2 aliphatic heterocycles. The van der Waals surface area contributed by atoms with Crippen molar-refractivity contribution in [3.63, 3.8) is 0 Å². The van der Waals surface area contributed by atoms with Crippen molar-refractivity contribution < 1.29 is 4.79 Å². The Morgan fingerprint density at radius 3 is 2.85 bits per heavy atom. The maximum atomic E-state index is 12.2. The number of rotatable bonds is 6. The zero-order chi connectivity index (χ0) is 14.5. The first-order valence-corrected chi connectivity index (χ1v) is 8.36. The summed E-state index contributed by atoms with van der Waals surface area (Å²) in [7, 11) is 0. The number of nitrogens with two attached hydrogens (primary N) is 1. The number of hydrogen-bond donors (Lipinski definition) is 2. The largest absolute Gasteiger partial charge is 0.353 e. The monoisotopic (exact) mass is 281 g/mol. The lowest BCUT2D eigenvalue weighted by Crippen LogP contribution is -2.48. The van der Waals surface area contributed by atoms with Crippen molar-refractivity contribution >= 4 is 5.91 Å². The molecule has 0 aromatic carbocycles. The second kappa shape index (κ2) is 7.41. The molecule has 1 amide bonds. The van der Waals surface area contributed by atoms with Crippen LogP contribution < -0.4 is 11.1 Å². The third-order valence-electron chi connectivity index (χ3n) is 4.91. The lowest BCUT2D eigenvalue weighted by molar-refractivity contribution is -0.125. The average molecular weight is 281 g/mol. The number of nitrogens with one attached hydrogen (secondary N) is 1. The van der Waals surface area contributed by atoms with Gasteiger partial charge in [0.25, 0.3) is 0 Å². The number of fused-ring (bicyclic) bond motifs is 1. The number of carbonyl (C=O) groups is 1. The van der Waals surface area contributed by atoms with E-state index in [1.807, 2.05) is 13.8 Å². The van der Waals surface area contributed by atoms with Gasteiger partial charge < -0.3 is 16.0 Å². The van der Waals surface area contributed by atoms with Crippen LogP contribution in [-0.2, 0) is 4.79 Å². The average Bonchev–Trinajstić information content (AvgIpc) is 2.85. The molecule has 2 aliphatic rings. The van der Waals surface area contributed by atoms with Crippen LogP contribution in [0.1, 0.15) is 58.8 Å². The zero-order valence-electron chi connectivity index (χ0n) is 13.1. The highest BCUT2D eigenvalue weighted by atomic mass is 16.1. The molecular formula is C16H31N3O. The van der Waals surface area contributed by atoms with E-state index in [2.05, 4.69) is 10.2 Å². The quantitative estimate of drug-likeness (QED) is 0.781. The van der Waals surface area contributed by atoms with Crippen molar-refractivity contribution in [3.8, 4) is 0 Å². The summed E-state index contributed by atoms with van der Waals surface area (Å²) < 4.78 is 0. The molecule has 0 bridgehead atoms. The molecule has 4 unspecified atom stereocenters. The predicted octanol–water partition coefficient (Wildman–Crippen LogP) is 1.88. The molecule has 2 fully saturated rings. The SMILES string of the molecule is CC(N)CCCC(C)C(=O)NC1CCN2CCCC2C1. The van der Waals surface area contributed by atoms with E-state index in [9.17, 15) is 4.79 Å². The molecule has 4 nitrogen and oxygen atoms in total. The molecular weight excluding hydrogens is 250 g/mol. The molecule has 0 aromatic rings. The maximum absolute atomic E-state index is 12.2. The molecule has 0 aromatic heterocycles. The zero-order valence-corrected chi connectivity index (χ0v) is 13.1. The molecule has 116 valence electrons. The van der Waals surface area contributed by atoms with Gasteiger partial charge in [0.05, 0.1) is 0 Å². The highest BCUT2D eigenvalue weighted by Crippen LogP contribution is 2.27. The Kier molecular flexibility index (Phi) is 5.85. The number of carbonyl (C=O) groups excluding carboxylic acids is 1. The summed E-state index contributed by atoms with van der Waals surface area (Å²) in [6, 6.07) is 1.37. The molecule has 0 spiro atoms. The minimum atomic E-state index is 0.121. The molecule has 0 radical (unpaired) electrons. The molecule has 2 rings (SSSR count). The summed E-state index contributed by atoms with van der Waals surface area (Å²) in [5.41, 5.74) is 5.75. The topological polar surface area (TPSA) is 58.4 Å². The Morgan fingerprint density at radius 2 is 2.10 bits per heavy atom. The van der Waals surface area contributed by atoms with Gasteiger partial charge in [-0.25, -0.2) is 0 Å². The van der Waals surface area contributed by atoms with Crippen LogP contribution >= 0.6 is 0 Å². The van der Waals surface area contributed by atoms with E-state index in [4.69, 9.17) is 5.73 Å². The molecule has 4 heteroatoms. The van der Waals surface area contributed by atoms with E-state index in [1.54, 1.807) is 0 Å². The summed E-state index contributed by atoms with van der Waals surface area (Å²) in [4.78, 5) is 14.8. The Labute approximate surface area is 123 Å². The summed E-state index contributed by atoms with van der Waals surface area (Å²) >= 11 is 0. The van der Waals surface area contributed by atoms with Gasteiger partial charge in [0.2, 0.25) is 5.91 Å². The fourth-order valence-electron chi connectivity index (χ4n) is 3.58.